The summed E-state index contributed by atoms with van der Waals surface area (Å²) < 4.78 is 5.31. The number of aliphatic imine (C=N–C) groups is 1. The molecule has 0 saturated carbocycles. The third-order valence-electron chi connectivity index (χ3n) is 3.01. The van der Waals surface area contributed by atoms with Crippen molar-refractivity contribution in [2.75, 3.05) is 6.54 Å². The molecule has 2 aromatic carbocycles. The molecule has 0 bridgehead atoms. The molecule has 4 heteroatoms. The number of carbonyl (C=O) groups excluding carboxylic acids is 2. The van der Waals surface area contributed by atoms with E-state index in [9.17, 15) is 9.59 Å². The third-order valence-corrected chi connectivity index (χ3v) is 3.01. The van der Waals surface area contributed by atoms with E-state index in [-0.39, 0.29) is 12.6 Å². The van der Waals surface area contributed by atoms with E-state index in [1.165, 1.54) is 6.08 Å². The van der Waals surface area contributed by atoms with Gasteiger partial charge in [0.2, 0.25) is 6.08 Å². The van der Waals surface area contributed by atoms with Gasteiger partial charge in [-0.1, -0.05) is 48.5 Å². The molecule has 2 rings (SSSR count). The monoisotopic (exact) mass is 281 g/mol. The van der Waals surface area contributed by atoms with Gasteiger partial charge in [0.1, 0.15) is 6.61 Å². The van der Waals surface area contributed by atoms with E-state index in [2.05, 4.69) is 4.99 Å². The summed E-state index contributed by atoms with van der Waals surface area (Å²) >= 11 is 0. The predicted octanol–water partition coefficient (Wildman–Crippen LogP) is 2.92. The van der Waals surface area contributed by atoms with Crippen molar-refractivity contribution in [2.24, 2.45) is 4.99 Å². The average Bonchev–Trinajstić information content (AvgIpc) is 2.54. The quantitative estimate of drug-likeness (QED) is 0.465. The summed E-state index contributed by atoms with van der Waals surface area (Å²) in [6.45, 7) is 0.549. The van der Waals surface area contributed by atoms with Crippen molar-refractivity contribution in [3.63, 3.8) is 0 Å². The predicted molar refractivity (Wildman–Crippen MR) is 78.7 cm³/mol. The molecule has 0 heterocycles. The lowest BCUT2D eigenvalue weighted by Gasteiger charge is -2.08. The lowest BCUT2D eigenvalue weighted by Crippen LogP contribution is -2.09. The van der Waals surface area contributed by atoms with E-state index < -0.39 is 0 Å². The van der Waals surface area contributed by atoms with Crippen molar-refractivity contribution < 1.29 is 14.3 Å². The first-order valence-electron chi connectivity index (χ1n) is 6.64. The molecule has 0 amide bonds. The van der Waals surface area contributed by atoms with E-state index in [0.717, 1.165) is 11.1 Å². The van der Waals surface area contributed by atoms with Crippen molar-refractivity contribution in [1.29, 1.82) is 0 Å². The zero-order valence-corrected chi connectivity index (χ0v) is 11.5. The first-order chi connectivity index (χ1) is 10.3. The van der Waals surface area contributed by atoms with Crippen molar-refractivity contribution >= 4 is 12.0 Å². The van der Waals surface area contributed by atoms with E-state index in [0.29, 0.717) is 18.5 Å². The molecular weight excluding hydrogens is 266 g/mol. The van der Waals surface area contributed by atoms with Crippen LogP contribution in [-0.2, 0) is 22.6 Å². The van der Waals surface area contributed by atoms with Crippen LogP contribution in [0, 0.1) is 0 Å². The summed E-state index contributed by atoms with van der Waals surface area (Å²) in [7, 11) is 0. The number of hydrogen-bond acceptors (Lipinski definition) is 4. The summed E-state index contributed by atoms with van der Waals surface area (Å²) in [5.41, 5.74) is 2.26. The molecule has 0 fully saturated rings. The van der Waals surface area contributed by atoms with Crippen molar-refractivity contribution in [3.05, 3.63) is 71.3 Å². The highest BCUT2D eigenvalue weighted by atomic mass is 16.5. The average molecular weight is 281 g/mol. The highest BCUT2D eigenvalue weighted by Gasteiger charge is 2.12. The Balaban J connectivity index is 2.03. The van der Waals surface area contributed by atoms with Gasteiger partial charge >= 0.3 is 5.97 Å². The van der Waals surface area contributed by atoms with Gasteiger partial charge in [-0.25, -0.2) is 14.6 Å². The maximum atomic E-state index is 12.1. The first-order valence-corrected chi connectivity index (χ1v) is 6.64. The van der Waals surface area contributed by atoms with Gasteiger partial charge in [-0.2, -0.15) is 0 Å². The Bertz CT molecular complexity index is 646. The van der Waals surface area contributed by atoms with E-state index in [1.807, 2.05) is 42.5 Å². The Labute approximate surface area is 123 Å². The van der Waals surface area contributed by atoms with Gasteiger partial charge in [-0.3, -0.25) is 0 Å². The van der Waals surface area contributed by atoms with Gasteiger partial charge in [0, 0.05) is 0 Å². The van der Waals surface area contributed by atoms with Gasteiger partial charge in [0.15, 0.2) is 0 Å². The maximum absolute atomic E-state index is 12.1. The smallest absolute Gasteiger partial charge is 0.338 e. The third kappa shape index (κ3) is 4.41. The number of nitrogens with zero attached hydrogens (tertiary/aromatic N) is 1. The summed E-state index contributed by atoms with van der Waals surface area (Å²) in [4.78, 5) is 25.7. The molecule has 0 aliphatic carbocycles. The van der Waals surface area contributed by atoms with Crippen LogP contribution in [0.3, 0.4) is 0 Å². The van der Waals surface area contributed by atoms with Gasteiger partial charge in [0.05, 0.1) is 12.1 Å². The van der Waals surface area contributed by atoms with Crippen molar-refractivity contribution in [1.82, 2.24) is 0 Å². The van der Waals surface area contributed by atoms with Crippen LogP contribution < -0.4 is 0 Å². The zero-order valence-electron chi connectivity index (χ0n) is 11.5. The topological polar surface area (TPSA) is 55.7 Å². The zero-order chi connectivity index (χ0) is 14.9. The molecule has 0 spiro atoms. The summed E-state index contributed by atoms with van der Waals surface area (Å²) in [6, 6.07) is 16.7. The SMILES string of the molecule is O=C=NCCc1ccccc1C(=O)OCc1ccccc1. The summed E-state index contributed by atoms with van der Waals surface area (Å²) in [6.07, 6.45) is 2.00. The minimum Gasteiger partial charge on any atom is -0.457 e. The molecule has 0 unspecified atom stereocenters. The standard InChI is InChI=1S/C17H15NO3/c19-13-18-11-10-15-8-4-5-9-16(15)17(20)21-12-14-6-2-1-3-7-14/h1-9H,10-12H2. The number of carbonyl (C=O) groups is 1. The van der Waals surface area contributed by atoms with E-state index in [1.54, 1.807) is 12.1 Å². The fourth-order valence-corrected chi connectivity index (χ4v) is 1.96. The fourth-order valence-electron chi connectivity index (χ4n) is 1.96. The number of esters is 1. The normalized spacial score (nSPS) is 9.71. The molecule has 0 radical (unpaired) electrons. The van der Waals surface area contributed by atoms with Crippen molar-refractivity contribution in [2.45, 2.75) is 13.0 Å². The van der Waals surface area contributed by atoms with Crippen LogP contribution in [0.5, 0.6) is 0 Å². The number of ether oxygens (including phenoxy) is 1. The molecule has 0 aromatic heterocycles. The van der Waals surface area contributed by atoms with Gasteiger partial charge in [0.25, 0.3) is 0 Å². The van der Waals surface area contributed by atoms with Gasteiger partial charge in [-0.15, -0.1) is 0 Å². The van der Waals surface area contributed by atoms with Crippen LogP contribution in [-0.4, -0.2) is 18.6 Å². The highest BCUT2D eigenvalue weighted by Crippen LogP contribution is 2.12. The number of hydrogen-bond donors (Lipinski definition) is 0. The number of isocyanates is 1. The van der Waals surface area contributed by atoms with E-state index in [4.69, 9.17) is 4.74 Å². The second-order valence-electron chi connectivity index (χ2n) is 4.44. The molecule has 0 saturated heterocycles. The first kappa shape index (κ1) is 14.7. The number of rotatable bonds is 6. The van der Waals surface area contributed by atoms with Crippen LogP contribution in [0.4, 0.5) is 0 Å². The molecule has 0 aliphatic heterocycles. The molecule has 0 atom stereocenters. The Hall–Kier alpha value is -2.71. The Morgan fingerprint density at radius 3 is 2.52 bits per heavy atom. The van der Waals surface area contributed by atoms with Crippen LogP contribution in [0.15, 0.2) is 59.6 Å². The second kappa shape index (κ2) is 7.78. The second-order valence-corrected chi connectivity index (χ2v) is 4.44. The van der Waals surface area contributed by atoms with Crippen LogP contribution >= 0.6 is 0 Å². The van der Waals surface area contributed by atoms with E-state index >= 15 is 0 Å². The molecule has 106 valence electrons. The van der Waals surface area contributed by atoms with Gasteiger partial charge in [-0.05, 0) is 23.6 Å². The molecule has 0 N–H and O–H groups in total. The van der Waals surface area contributed by atoms with Crippen LogP contribution in [0.25, 0.3) is 0 Å². The minimum atomic E-state index is -0.371. The Morgan fingerprint density at radius 1 is 1.05 bits per heavy atom. The van der Waals surface area contributed by atoms with Crippen LogP contribution in [0.2, 0.25) is 0 Å². The lowest BCUT2D eigenvalue weighted by molar-refractivity contribution is 0.0471. The largest absolute Gasteiger partial charge is 0.457 e. The summed E-state index contributed by atoms with van der Waals surface area (Å²) in [5.74, 6) is -0.371. The Morgan fingerprint density at radius 2 is 1.76 bits per heavy atom. The lowest BCUT2D eigenvalue weighted by atomic mass is 10.0. The Kier molecular flexibility index (Phi) is 5.44. The highest BCUT2D eigenvalue weighted by molar-refractivity contribution is 5.91. The molecule has 21 heavy (non-hydrogen) atoms. The van der Waals surface area contributed by atoms with Crippen molar-refractivity contribution in [3.8, 4) is 0 Å². The molecular formula is C17H15NO3. The summed E-state index contributed by atoms with van der Waals surface area (Å²) in [5, 5.41) is 0. The minimum absolute atomic E-state index is 0.237. The molecule has 4 nitrogen and oxygen atoms in total. The molecule has 2 aromatic rings. The fraction of sp³-hybridized carbons (Fsp3) is 0.176. The maximum Gasteiger partial charge on any atom is 0.338 e. The molecule has 0 aliphatic rings. The van der Waals surface area contributed by atoms with Gasteiger partial charge < -0.3 is 4.74 Å². The van der Waals surface area contributed by atoms with Crippen LogP contribution in [0.1, 0.15) is 21.5 Å². The number of benzene rings is 2.